The number of aromatic hydroxyl groups is 2. The van der Waals surface area contributed by atoms with Gasteiger partial charge in [0.15, 0.2) is 0 Å². The Hall–Kier alpha value is -1.48. The van der Waals surface area contributed by atoms with Crippen LogP contribution in [0.2, 0.25) is 0 Å². The normalized spacial score (nSPS) is 28.4. The number of hydrogen-bond donors (Lipinski definition) is 2. The largest absolute Gasteiger partial charge is 0.508 e. The zero-order valence-electron chi connectivity index (χ0n) is 7.81. The van der Waals surface area contributed by atoms with Gasteiger partial charge in [-0.2, -0.15) is 0 Å². The van der Waals surface area contributed by atoms with Crippen LogP contribution in [0.25, 0.3) is 0 Å². The summed E-state index contributed by atoms with van der Waals surface area (Å²) in [5.41, 5.74) is 1.72. The first-order chi connectivity index (χ1) is 6.70. The first kappa shape index (κ1) is 7.88. The van der Waals surface area contributed by atoms with Crippen molar-refractivity contribution in [3.05, 3.63) is 35.4 Å². The second-order valence-electron chi connectivity index (χ2n) is 3.87. The van der Waals surface area contributed by atoms with E-state index in [-0.39, 0.29) is 23.6 Å². The van der Waals surface area contributed by atoms with E-state index in [1.54, 1.807) is 12.1 Å². The highest BCUT2D eigenvalue weighted by Crippen LogP contribution is 2.53. The van der Waals surface area contributed by atoms with Crippen molar-refractivity contribution in [1.29, 1.82) is 0 Å². The van der Waals surface area contributed by atoms with Crippen LogP contribution < -0.4 is 0 Å². The van der Waals surface area contributed by atoms with Crippen molar-refractivity contribution in [2.75, 3.05) is 7.05 Å². The minimum absolute atomic E-state index is 0.127. The molecular weight excluding hydrogens is 178 g/mol. The molecule has 2 N–H and O–H groups in total. The number of benzene rings is 1. The minimum atomic E-state index is 0.127. The fourth-order valence-electron chi connectivity index (χ4n) is 2.49. The van der Waals surface area contributed by atoms with Crippen LogP contribution in [0.4, 0.5) is 0 Å². The summed E-state index contributed by atoms with van der Waals surface area (Å²) in [4.78, 5) is 2.13. The first-order valence-corrected chi connectivity index (χ1v) is 4.65. The SMILES string of the molecule is CN1C2C=CC1c1c(O)ccc(O)c12. The Kier molecular flexibility index (Phi) is 1.30. The quantitative estimate of drug-likeness (QED) is 0.482. The smallest absolute Gasteiger partial charge is 0.121 e. The molecule has 0 saturated heterocycles. The molecule has 1 aromatic rings. The summed E-state index contributed by atoms with van der Waals surface area (Å²) in [6.45, 7) is 0. The molecule has 0 radical (unpaired) electrons. The van der Waals surface area contributed by atoms with E-state index in [0.29, 0.717) is 0 Å². The zero-order chi connectivity index (χ0) is 9.87. The molecule has 0 fully saturated rings. The van der Waals surface area contributed by atoms with Crippen molar-refractivity contribution in [2.24, 2.45) is 0 Å². The van der Waals surface area contributed by atoms with E-state index in [1.807, 2.05) is 7.05 Å². The van der Waals surface area contributed by atoms with Crippen molar-refractivity contribution in [3.63, 3.8) is 0 Å². The van der Waals surface area contributed by atoms with E-state index in [1.165, 1.54) is 0 Å². The standard InChI is InChI=1S/C11H11NO2/c1-12-6-2-3-7(12)11-9(14)5-4-8(13)10(6)11/h2-7,13-14H,1H3. The molecule has 0 amide bonds. The molecule has 2 aliphatic rings. The third kappa shape index (κ3) is 0.715. The minimum Gasteiger partial charge on any atom is -0.508 e. The highest BCUT2D eigenvalue weighted by molar-refractivity contribution is 5.58. The van der Waals surface area contributed by atoms with Crippen molar-refractivity contribution >= 4 is 0 Å². The second-order valence-corrected chi connectivity index (χ2v) is 3.87. The molecule has 2 atom stereocenters. The van der Waals surface area contributed by atoms with Gasteiger partial charge in [-0.25, -0.2) is 0 Å². The van der Waals surface area contributed by atoms with Gasteiger partial charge in [-0.3, -0.25) is 4.90 Å². The van der Waals surface area contributed by atoms with Gasteiger partial charge in [-0.1, -0.05) is 12.2 Å². The number of phenolic OH excluding ortho intramolecular Hbond substituents is 2. The Morgan fingerprint density at radius 1 is 1.00 bits per heavy atom. The number of hydrogen-bond acceptors (Lipinski definition) is 3. The molecule has 2 heterocycles. The summed E-state index contributed by atoms with van der Waals surface area (Å²) >= 11 is 0. The van der Waals surface area contributed by atoms with Crippen LogP contribution in [0, 0.1) is 0 Å². The summed E-state index contributed by atoms with van der Waals surface area (Å²) in [5, 5.41) is 19.4. The number of phenols is 2. The third-order valence-electron chi connectivity index (χ3n) is 3.19. The molecule has 0 saturated carbocycles. The maximum Gasteiger partial charge on any atom is 0.121 e. The van der Waals surface area contributed by atoms with Gasteiger partial charge in [-0.15, -0.1) is 0 Å². The molecule has 14 heavy (non-hydrogen) atoms. The Bertz CT molecular complexity index is 400. The summed E-state index contributed by atoms with van der Waals surface area (Å²) in [5.74, 6) is 0.558. The van der Waals surface area contributed by atoms with E-state index >= 15 is 0 Å². The van der Waals surface area contributed by atoms with Crippen molar-refractivity contribution in [2.45, 2.75) is 12.1 Å². The molecule has 2 unspecified atom stereocenters. The molecule has 1 aromatic carbocycles. The van der Waals surface area contributed by atoms with Crippen molar-refractivity contribution in [1.82, 2.24) is 4.90 Å². The monoisotopic (exact) mass is 189 g/mol. The Morgan fingerprint density at radius 3 is 1.86 bits per heavy atom. The lowest BCUT2D eigenvalue weighted by Gasteiger charge is -2.14. The van der Waals surface area contributed by atoms with Gasteiger partial charge in [-0.05, 0) is 19.2 Å². The average molecular weight is 189 g/mol. The molecule has 3 heteroatoms. The fraction of sp³-hybridized carbons (Fsp3) is 0.273. The van der Waals surface area contributed by atoms with Crippen LogP contribution >= 0.6 is 0 Å². The van der Waals surface area contributed by atoms with Crippen LogP contribution in [0.15, 0.2) is 24.3 Å². The van der Waals surface area contributed by atoms with E-state index < -0.39 is 0 Å². The second kappa shape index (κ2) is 2.30. The maximum absolute atomic E-state index is 9.72. The Labute approximate surface area is 81.9 Å². The molecule has 72 valence electrons. The van der Waals surface area contributed by atoms with Gasteiger partial charge in [0.05, 0.1) is 12.1 Å². The van der Waals surface area contributed by atoms with Crippen LogP contribution in [0.3, 0.4) is 0 Å². The molecule has 2 bridgehead atoms. The van der Waals surface area contributed by atoms with E-state index in [9.17, 15) is 10.2 Å². The van der Waals surface area contributed by atoms with E-state index in [2.05, 4.69) is 17.1 Å². The highest BCUT2D eigenvalue weighted by atomic mass is 16.3. The molecule has 2 aliphatic heterocycles. The topological polar surface area (TPSA) is 43.7 Å². The van der Waals surface area contributed by atoms with Crippen molar-refractivity contribution < 1.29 is 10.2 Å². The third-order valence-corrected chi connectivity index (χ3v) is 3.19. The molecular formula is C11H11NO2. The molecule has 3 nitrogen and oxygen atoms in total. The predicted molar refractivity (Wildman–Crippen MR) is 52.2 cm³/mol. The lowest BCUT2D eigenvalue weighted by molar-refractivity contribution is 0.294. The lowest BCUT2D eigenvalue weighted by atomic mass is 9.95. The molecule has 0 spiro atoms. The summed E-state index contributed by atoms with van der Waals surface area (Å²) in [6.07, 6.45) is 4.12. The van der Waals surface area contributed by atoms with Gasteiger partial charge in [0.25, 0.3) is 0 Å². The fourth-order valence-corrected chi connectivity index (χ4v) is 2.49. The average Bonchev–Trinajstić information content (AvgIpc) is 2.67. The first-order valence-electron chi connectivity index (χ1n) is 4.65. The summed E-state index contributed by atoms with van der Waals surface area (Å²) in [7, 11) is 1.99. The zero-order valence-corrected chi connectivity index (χ0v) is 7.81. The van der Waals surface area contributed by atoms with Gasteiger partial charge in [0.2, 0.25) is 0 Å². The van der Waals surface area contributed by atoms with E-state index in [0.717, 1.165) is 11.1 Å². The Morgan fingerprint density at radius 2 is 1.43 bits per heavy atom. The number of rotatable bonds is 0. The summed E-state index contributed by atoms with van der Waals surface area (Å²) in [6, 6.07) is 3.36. The van der Waals surface area contributed by atoms with E-state index in [4.69, 9.17) is 0 Å². The van der Waals surface area contributed by atoms with Gasteiger partial charge >= 0.3 is 0 Å². The van der Waals surface area contributed by atoms with Crippen LogP contribution in [0.1, 0.15) is 23.2 Å². The number of nitrogens with zero attached hydrogens (tertiary/aromatic N) is 1. The van der Waals surface area contributed by atoms with Gasteiger partial charge < -0.3 is 10.2 Å². The lowest BCUT2D eigenvalue weighted by Crippen LogP contribution is -2.13. The molecule has 0 aliphatic carbocycles. The number of fused-ring (bicyclic) bond motifs is 5. The summed E-state index contributed by atoms with van der Waals surface area (Å²) < 4.78 is 0. The number of likely N-dealkylation sites (N-methyl/N-ethyl adjacent to an activating group) is 1. The predicted octanol–water partition coefficient (Wildman–Crippen LogP) is 1.70. The highest BCUT2D eigenvalue weighted by Gasteiger charge is 2.41. The Balaban J connectivity index is 2.31. The van der Waals surface area contributed by atoms with Crippen LogP contribution in [0.5, 0.6) is 11.5 Å². The van der Waals surface area contributed by atoms with Crippen LogP contribution in [-0.4, -0.2) is 22.2 Å². The van der Waals surface area contributed by atoms with Crippen molar-refractivity contribution in [3.8, 4) is 11.5 Å². The van der Waals surface area contributed by atoms with Crippen LogP contribution in [-0.2, 0) is 0 Å². The maximum atomic E-state index is 9.72. The van der Waals surface area contributed by atoms with Gasteiger partial charge in [0.1, 0.15) is 11.5 Å². The molecule has 3 rings (SSSR count). The molecule has 0 aromatic heterocycles. The van der Waals surface area contributed by atoms with Gasteiger partial charge in [0, 0.05) is 11.1 Å².